The molecule has 0 heterocycles. The molecule has 0 saturated heterocycles. The lowest BCUT2D eigenvalue weighted by Crippen LogP contribution is -2.21. The fraction of sp³-hybridized carbons (Fsp3) is 0.533. The fourth-order valence-corrected chi connectivity index (χ4v) is 2.71. The van der Waals surface area contributed by atoms with E-state index in [0.717, 1.165) is 18.4 Å². The van der Waals surface area contributed by atoms with Crippen molar-refractivity contribution in [2.24, 2.45) is 0 Å². The van der Waals surface area contributed by atoms with Gasteiger partial charge >= 0.3 is 13.3 Å². The summed E-state index contributed by atoms with van der Waals surface area (Å²) in [4.78, 5) is 32.4. The maximum absolute atomic E-state index is 10.9. The van der Waals surface area contributed by atoms with Gasteiger partial charge in [0.25, 0.3) is 0 Å². The molecule has 0 spiro atoms. The van der Waals surface area contributed by atoms with Crippen LogP contribution in [-0.4, -0.2) is 35.3 Å². The third-order valence-electron chi connectivity index (χ3n) is 3.74. The van der Waals surface area contributed by atoms with Gasteiger partial charge in [-0.05, 0) is 49.8 Å². The number of hydrogen-bond acceptors (Lipinski definition) is 6. The number of ether oxygens (including phenoxy) is 2. The van der Waals surface area contributed by atoms with E-state index in [1.807, 2.05) is 12.1 Å². The first-order valence-electron chi connectivity index (χ1n) is 7.73. The van der Waals surface area contributed by atoms with E-state index < -0.39 is 13.3 Å². The molecular formula is C15H22NO7P. The SMILES string of the molecule is COc1ccc(CCNOC(=O)P(=O)(O)O)cc1OC1CCCC1. The molecule has 0 unspecified atom stereocenters. The quantitative estimate of drug-likeness (QED) is 0.368. The van der Waals surface area contributed by atoms with E-state index in [-0.39, 0.29) is 12.6 Å². The van der Waals surface area contributed by atoms with Crippen molar-refractivity contribution in [1.82, 2.24) is 5.48 Å². The summed E-state index contributed by atoms with van der Waals surface area (Å²) in [5, 5.41) is 0. The van der Waals surface area contributed by atoms with Crippen molar-refractivity contribution < 1.29 is 33.5 Å². The van der Waals surface area contributed by atoms with Gasteiger partial charge in [0.15, 0.2) is 11.5 Å². The van der Waals surface area contributed by atoms with Crippen molar-refractivity contribution in [3.05, 3.63) is 23.8 Å². The summed E-state index contributed by atoms with van der Waals surface area (Å²) in [5.41, 5.74) is 1.57. The van der Waals surface area contributed by atoms with Crippen molar-refractivity contribution >= 4 is 13.3 Å². The number of benzene rings is 1. The predicted molar refractivity (Wildman–Crippen MR) is 86.1 cm³/mol. The number of methoxy groups -OCH3 is 1. The highest BCUT2D eigenvalue weighted by Crippen LogP contribution is 2.36. The Morgan fingerprint density at radius 2 is 2.00 bits per heavy atom. The van der Waals surface area contributed by atoms with Crippen molar-refractivity contribution in [2.45, 2.75) is 38.2 Å². The monoisotopic (exact) mass is 359 g/mol. The zero-order chi connectivity index (χ0) is 17.6. The summed E-state index contributed by atoms with van der Waals surface area (Å²) in [7, 11) is -3.28. The molecule has 0 aliphatic heterocycles. The van der Waals surface area contributed by atoms with Gasteiger partial charge in [-0.3, -0.25) is 0 Å². The first-order valence-corrected chi connectivity index (χ1v) is 9.34. The maximum Gasteiger partial charge on any atom is 0.438 e. The number of carbonyl (C=O) groups excluding carboxylic acids is 1. The minimum absolute atomic E-state index is 0.205. The molecule has 1 aliphatic rings. The van der Waals surface area contributed by atoms with Crippen molar-refractivity contribution in [3.63, 3.8) is 0 Å². The minimum Gasteiger partial charge on any atom is -0.493 e. The first-order chi connectivity index (χ1) is 11.4. The Bertz CT molecular complexity index is 610. The number of nitrogens with one attached hydrogen (secondary N) is 1. The molecule has 1 saturated carbocycles. The molecule has 24 heavy (non-hydrogen) atoms. The van der Waals surface area contributed by atoms with Crippen LogP contribution in [0.5, 0.6) is 11.5 Å². The molecule has 2 rings (SSSR count). The van der Waals surface area contributed by atoms with Crippen molar-refractivity contribution in [3.8, 4) is 11.5 Å². The molecule has 3 N–H and O–H groups in total. The summed E-state index contributed by atoms with van der Waals surface area (Å²) in [6.45, 7) is 0.209. The second-order valence-corrected chi connectivity index (χ2v) is 7.02. The van der Waals surface area contributed by atoms with Crippen LogP contribution >= 0.6 is 7.60 Å². The fourth-order valence-electron chi connectivity index (χ4n) is 2.52. The van der Waals surface area contributed by atoms with Gasteiger partial charge in [-0.25, -0.2) is 9.36 Å². The lowest BCUT2D eigenvalue weighted by molar-refractivity contribution is 0.107. The highest BCUT2D eigenvalue weighted by atomic mass is 31.2. The average Bonchev–Trinajstić information content (AvgIpc) is 3.03. The molecule has 0 amide bonds. The highest BCUT2D eigenvalue weighted by molar-refractivity contribution is 7.69. The third-order valence-corrected chi connectivity index (χ3v) is 4.30. The third kappa shape index (κ3) is 5.49. The molecule has 134 valence electrons. The number of rotatable bonds is 8. The van der Waals surface area contributed by atoms with Gasteiger partial charge in [0.1, 0.15) is 0 Å². The summed E-state index contributed by atoms with van der Waals surface area (Å²) in [6.07, 6.45) is 5.10. The molecule has 9 heteroatoms. The summed E-state index contributed by atoms with van der Waals surface area (Å²) < 4.78 is 21.9. The lowest BCUT2D eigenvalue weighted by atomic mass is 10.1. The largest absolute Gasteiger partial charge is 0.493 e. The molecular weight excluding hydrogens is 337 g/mol. The van der Waals surface area contributed by atoms with Crippen molar-refractivity contribution in [2.75, 3.05) is 13.7 Å². The predicted octanol–water partition coefficient (Wildman–Crippen LogP) is 2.38. The zero-order valence-electron chi connectivity index (χ0n) is 13.4. The Balaban J connectivity index is 1.88. The van der Waals surface area contributed by atoms with Crippen LogP contribution in [0.2, 0.25) is 0 Å². The van der Waals surface area contributed by atoms with E-state index in [1.165, 1.54) is 12.8 Å². The standard InChI is InChI=1S/C15H22NO7P/c1-21-13-7-6-11(8-9-16-23-15(17)24(18,19)20)10-14(13)22-12-4-2-3-5-12/h6-7,10,12,16H,2-5,8-9H2,1H3,(H2,18,19,20). The maximum atomic E-state index is 10.9. The van der Waals surface area contributed by atoms with Gasteiger partial charge < -0.3 is 24.1 Å². The van der Waals surface area contributed by atoms with Crippen molar-refractivity contribution in [1.29, 1.82) is 0 Å². The molecule has 1 fully saturated rings. The van der Waals surface area contributed by atoms with E-state index in [4.69, 9.17) is 19.3 Å². The van der Waals surface area contributed by atoms with E-state index in [9.17, 15) is 9.36 Å². The molecule has 1 aliphatic carbocycles. The Morgan fingerprint density at radius 3 is 2.62 bits per heavy atom. The molecule has 0 atom stereocenters. The second-order valence-electron chi connectivity index (χ2n) is 5.57. The van der Waals surface area contributed by atoms with Gasteiger partial charge in [0.2, 0.25) is 0 Å². The van der Waals surface area contributed by atoms with Gasteiger partial charge in [-0.1, -0.05) is 6.07 Å². The molecule has 1 aromatic carbocycles. The molecule has 8 nitrogen and oxygen atoms in total. The number of hydroxylamine groups is 1. The van der Waals surface area contributed by atoms with Crippen LogP contribution < -0.4 is 15.0 Å². The van der Waals surface area contributed by atoms with Crippen LogP contribution in [0.4, 0.5) is 4.79 Å². The Morgan fingerprint density at radius 1 is 1.29 bits per heavy atom. The van der Waals surface area contributed by atoms with Crippen LogP contribution in [0, 0.1) is 0 Å². The van der Waals surface area contributed by atoms with Crippen LogP contribution in [0.25, 0.3) is 0 Å². The van der Waals surface area contributed by atoms with Gasteiger partial charge in [-0.15, -0.1) is 0 Å². The zero-order valence-corrected chi connectivity index (χ0v) is 14.3. The Labute approximate surface area is 140 Å². The summed E-state index contributed by atoms with van der Waals surface area (Å²) in [5.74, 6) is 1.33. The Hall–Kier alpha value is -1.60. The van der Waals surface area contributed by atoms with Crippen LogP contribution in [0.15, 0.2) is 18.2 Å². The normalized spacial score (nSPS) is 15.3. The topological polar surface area (TPSA) is 114 Å². The number of hydrogen-bond donors (Lipinski definition) is 3. The van der Waals surface area contributed by atoms with Gasteiger partial charge in [-0.2, -0.15) is 5.48 Å². The van der Waals surface area contributed by atoms with Gasteiger partial charge in [0, 0.05) is 6.54 Å². The second kappa shape index (κ2) is 8.48. The molecule has 1 aromatic rings. The van der Waals surface area contributed by atoms with E-state index in [1.54, 1.807) is 13.2 Å². The lowest BCUT2D eigenvalue weighted by Gasteiger charge is -2.17. The molecule has 0 aromatic heterocycles. The molecule has 0 radical (unpaired) electrons. The van der Waals surface area contributed by atoms with Crippen LogP contribution in [0.3, 0.4) is 0 Å². The smallest absolute Gasteiger partial charge is 0.438 e. The average molecular weight is 359 g/mol. The Kier molecular flexibility index (Phi) is 6.62. The summed E-state index contributed by atoms with van der Waals surface area (Å²) >= 11 is 0. The summed E-state index contributed by atoms with van der Waals surface area (Å²) in [6, 6.07) is 5.53. The van der Waals surface area contributed by atoms with Crippen LogP contribution in [-0.2, 0) is 15.8 Å². The van der Waals surface area contributed by atoms with E-state index in [0.29, 0.717) is 17.9 Å². The molecule has 0 bridgehead atoms. The van der Waals surface area contributed by atoms with E-state index >= 15 is 0 Å². The first kappa shape index (κ1) is 18.7. The van der Waals surface area contributed by atoms with E-state index in [2.05, 4.69) is 10.3 Å². The minimum atomic E-state index is -4.86. The highest BCUT2D eigenvalue weighted by Gasteiger charge is 2.28. The number of carbonyl (C=O) groups is 1. The van der Waals surface area contributed by atoms with Gasteiger partial charge in [0.05, 0.1) is 13.2 Å². The van der Waals surface area contributed by atoms with Crippen LogP contribution in [0.1, 0.15) is 31.2 Å².